The lowest BCUT2D eigenvalue weighted by molar-refractivity contribution is -0.143. The predicted molar refractivity (Wildman–Crippen MR) is 133 cm³/mol. The van der Waals surface area contributed by atoms with Crippen LogP contribution in [-0.2, 0) is 14.3 Å². The first kappa shape index (κ1) is 25.2. The molecule has 1 aliphatic heterocycles. The van der Waals surface area contributed by atoms with Crippen molar-refractivity contribution in [2.45, 2.75) is 0 Å². The quantitative estimate of drug-likeness (QED) is 0.233. The maximum atomic E-state index is 12.8. The summed E-state index contributed by atoms with van der Waals surface area (Å²) in [4.78, 5) is 37.9. The van der Waals surface area contributed by atoms with Gasteiger partial charge in [-0.25, -0.2) is 4.79 Å². The standard InChI is InChI=1S/C22H19ClINO7S/c1-29-17-10-13(9-16(24)20(17)32-12-19(26)30-2)11-18-21(27)25(22(28)33-18)7-8-31-15-5-3-14(23)4-6-15/h3-6,9-11H,7-8,12H2,1-2H3/b18-11-. The molecule has 0 saturated carbocycles. The van der Waals surface area contributed by atoms with Crippen LogP contribution in [0.1, 0.15) is 5.56 Å². The van der Waals surface area contributed by atoms with E-state index in [1.54, 1.807) is 42.5 Å². The Morgan fingerprint density at radius 2 is 1.88 bits per heavy atom. The lowest BCUT2D eigenvalue weighted by Gasteiger charge is -2.13. The van der Waals surface area contributed by atoms with Gasteiger partial charge in [0.25, 0.3) is 11.1 Å². The van der Waals surface area contributed by atoms with E-state index in [1.807, 2.05) is 22.6 Å². The Morgan fingerprint density at radius 3 is 2.55 bits per heavy atom. The van der Waals surface area contributed by atoms with Crippen LogP contribution in [0, 0.1) is 3.57 Å². The summed E-state index contributed by atoms with van der Waals surface area (Å²) in [6, 6.07) is 10.2. The summed E-state index contributed by atoms with van der Waals surface area (Å²) in [7, 11) is 2.74. The Kier molecular flexibility index (Phi) is 8.87. The van der Waals surface area contributed by atoms with Gasteiger partial charge in [0.05, 0.1) is 29.2 Å². The zero-order valence-corrected chi connectivity index (χ0v) is 21.4. The SMILES string of the molecule is COC(=O)COc1c(I)cc(/C=C2\SC(=O)N(CCOc3ccc(Cl)cc3)C2=O)cc1OC. The number of hydrogen-bond acceptors (Lipinski definition) is 8. The summed E-state index contributed by atoms with van der Waals surface area (Å²) in [6.07, 6.45) is 1.61. The van der Waals surface area contributed by atoms with Crippen molar-refractivity contribution in [3.63, 3.8) is 0 Å². The Hall–Kier alpha value is -2.44. The number of benzene rings is 2. The van der Waals surface area contributed by atoms with Gasteiger partial charge >= 0.3 is 5.97 Å². The lowest BCUT2D eigenvalue weighted by Crippen LogP contribution is -2.32. The van der Waals surface area contributed by atoms with Crippen LogP contribution in [0.2, 0.25) is 5.02 Å². The van der Waals surface area contributed by atoms with Crippen LogP contribution in [0.5, 0.6) is 17.2 Å². The fraction of sp³-hybridized carbons (Fsp3) is 0.227. The number of halogens is 2. The summed E-state index contributed by atoms with van der Waals surface area (Å²) in [5, 5.41) is 0.221. The number of carbonyl (C=O) groups is 3. The van der Waals surface area contributed by atoms with E-state index in [2.05, 4.69) is 4.74 Å². The number of carbonyl (C=O) groups excluding carboxylic acids is 3. The Balaban J connectivity index is 1.69. The third kappa shape index (κ3) is 6.55. The van der Waals surface area contributed by atoms with E-state index in [0.29, 0.717) is 31.4 Å². The van der Waals surface area contributed by atoms with Crippen LogP contribution in [-0.4, -0.2) is 56.0 Å². The van der Waals surface area contributed by atoms with Crippen LogP contribution in [0.3, 0.4) is 0 Å². The maximum Gasteiger partial charge on any atom is 0.343 e. The molecule has 3 rings (SSSR count). The topological polar surface area (TPSA) is 91.4 Å². The summed E-state index contributed by atoms with van der Waals surface area (Å²) in [5.74, 6) is 0.439. The zero-order chi connectivity index (χ0) is 24.0. The molecule has 0 unspecified atom stereocenters. The molecule has 1 heterocycles. The van der Waals surface area contributed by atoms with E-state index in [-0.39, 0.29) is 29.9 Å². The van der Waals surface area contributed by atoms with Crippen molar-refractivity contribution in [1.29, 1.82) is 0 Å². The molecule has 0 radical (unpaired) electrons. The highest BCUT2D eigenvalue weighted by molar-refractivity contribution is 14.1. The smallest absolute Gasteiger partial charge is 0.343 e. The second-order valence-electron chi connectivity index (χ2n) is 6.53. The summed E-state index contributed by atoms with van der Waals surface area (Å²) >= 11 is 8.74. The van der Waals surface area contributed by atoms with Crippen LogP contribution >= 0.6 is 46.0 Å². The molecule has 0 aromatic heterocycles. The first-order chi connectivity index (χ1) is 15.8. The molecule has 0 N–H and O–H groups in total. The van der Waals surface area contributed by atoms with Crippen molar-refractivity contribution in [1.82, 2.24) is 4.90 Å². The second kappa shape index (κ2) is 11.6. The summed E-state index contributed by atoms with van der Waals surface area (Å²) < 4.78 is 21.7. The molecule has 1 saturated heterocycles. The number of rotatable bonds is 9. The van der Waals surface area contributed by atoms with Gasteiger partial charge in [-0.15, -0.1) is 0 Å². The van der Waals surface area contributed by atoms with Crippen molar-refractivity contribution < 1.29 is 33.3 Å². The van der Waals surface area contributed by atoms with E-state index in [0.717, 1.165) is 16.7 Å². The Bertz CT molecular complexity index is 1090. The minimum absolute atomic E-state index is 0.117. The molecule has 0 aliphatic carbocycles. The normalized spacial score (nSPS) is 14.5. The van der Waals surface area contributed by atoms with Crippen LogP contribution in [0.4, 0.5) is 4.79 Å². The molecule has 1 fully saturated rings. The Labute approximate surface area is 213 Å². The van der Waals surface area contributed by atoms with Crippen molar-refractivity contribution >= 4 is 69.1 Å². The molecule has 0 bridgehead atoms. The highest BCUT2D eigenvalue weighted by Crippen LogP contribution is 2.37. The van der Waals surface area contributed by atoms with Gasteiger partial charge in [-0.2, -0.15) is 0 Å². The van der Waals surface area contributed by atoms with Gasteiger partial charge in [0, 0.05) is 5.02 Å². The van der Waals surface area contributed by atoms with Gasteiger partial charge in [-0.3, -0.25) is 14.5 Å². The lowest BCUT2D eigenvalue weighted by atomic mass is 10.2. The summed E-state index contributed by atoms with van der Waals surface area (Å²) in [6.45, 7) is 0.00981. The van der Waals surface area contributed by atoms with Crippen molar-refractivity contribution in [3.05, 3.63) is 55.5 Å². The van der Waals surface area contributed by atoms with Gasteiger partial charge in [-0.1, -0.05) is 11.6 Å². The number of esters is 1. The van der Waals surface area contributed by atoms with Gasteiger partial charge < -0.3 is 18.9 Å². The van der Waals surface area contributed by atoms with Crippen molar-refractivity contribution in [3.8, 4) is 17.2 Å². The van der Waals surface area contributed by atoms with Crippen LogP contribution in [0.25, 0.3) is 6.08 Å². The molecule has 0 atom stereocenters. The number of amides is 2. The molecular weight excluding hydrogens is 585 g/mol. The first-order valence-electron chi connectivity index (χ1n) is 9.53. The number of thioether (sulfide) groups is 1. The maximum absolute atomic E-state index is 12.8. The molecule has 174 valence electrons. The molecule has 11 heteroatoms. The minimum atomic E-state index is -0.523. The highest BCUT2D eigenvalue weighted by atomic mass is 127. The fourth-order valence-corrected chi connectivity index (χ4v) is 4.56. The van der Waals surface area contributed by atoms with E-state index in [9.17, 15) is 14.4 Å². The summed E-state index contributed by atoms with van der Waals surface area (Å²) in [5.41, 5.74) is 0.643. The van der Waals surface area contributed by atoms with Crippen LogP contribution in [0.15, 0.2) is 41.3 Å². The molecule has 2 aromatic carbocycles. The van der Waals surface area contributed by atoms with Gasteiger partial charge in [0.2, 0.25) is 0 Å². The molecule has 1 aliphatic rings. The number of ether oxygens (including phenoxy) is 4. The molecule has 33 heavy (non-hydrogen) atoms. The van der Waals surface area contributed by atoms with Gasteiger partial charge in [-0.05, 0) is 82.4 Å². The van der Waals surface area contributed by atoms with Gasteiger partial charge in [0.1, 0.15) is 12.4 Å². The second-order valence-corrected chi connectivity index (χ2v) is 9.13. The molecule has 8 nitrogen and oxygen atoms in total. The van der Waals surface area contributed by atoms with Crippen molar-refractivity contribution in [2.24, 2.45) is 0 Å². The van der Waals surface area contributed by atoms with Crippen LogP contribution < -0.4 is 14.2 Å². The van der Waals surface area contributed by atoms with E-state index in [1.165, 1.54) is 14.2 Å². The number of nitrogens with zero attached hydrogens (tertiary/aromatic N) is 1. The number of imide groups is 1. The third-order valence-corrected chi connectivity index (χ3v) is 6.34. The third-order valence-electron chi connectivity index (χ3n) is 4.38. The molecule has 2 aromatic rings. The molecule has 2 amide bonds. The Morgan fingerprint density at radius 1 is 1.15 bits per heavy atom. The van der Waals surface area contributed by atoms with E-state index < -0.39 is 11.9 Å². The monoisotopic (exact) mass is 603 g/mol. The van der Waals surface area contributed by atoms with E-state index in [4.69, 9.17) is 25.8 Å². The average Bonchev–Trinajstić information content (AvgIpc) is 3.06. The zero-order valence-electron chi connectivity index (χ0n) is 17.6. The minimum Gasteiger partial charge on any atom is -0.493 e. The number of hydrogen-bond donors (Lipinski definition) is 0. The molecule has 0 spiro atoms. The largest absolute Gasteiger partial charge is 0.493 e. The van der Waals surface area contributed by atoms with Crippen molar-refractivity contribution in [2.75, 3.05) is 34.0 Å². The average molecular weight is 604 g/mol. The van der Waals surface area contributed by atoms with Gasteiger partial charge in [0.15, 0.2) is 18.1 Å². The van der Waals surface area contributed by atoms with E-state index >= 15 is 0 Å². The highest BCUT2D eigenvalue weighted by Gasteiger charge is 2.35. The predicted octanol–water partition coefficient (Wildman–Crippen LogP) is 4.62. The first-order valence-corrected chi connectivity index (χ1v) is 11.8. The molecular formula is C22H19ClINO7S. The number of methoxy groups -OCH3 is 2. The fourth-order valence-electron chi connectivity index (χ4n) is 2.78.